The summed E-state index contributed by atoms with van der Waals surface area (Å²) in [6.07, 6.45) is 1.78. The van der Waals surface area contributed by atoms with Crippen LogP contribution in [0.2, 0.25) is 0 Å². The van der Waals surface area contributed by atoms with Crippen LogP contribution >= 0.6 is 0 Å². The van der Waals surface area contributed by atoms with Crippen LogP contribution in [0.25, 0.3) is 10.9 Å². The lowest BCUT2D eigenvalue weighted by atomic mass is 10.1. The molecular weight excluding hydrogens is 188 g/mol. The average molecular weight is 200 g/mol. The zero-order chi connectivity index (χ0) is 10.9. The first-order valence-electron chi connectivity index (χ1n) is 4.73. The minimum absolute atomic E-state index is 0.400. The van der Waals surface area contributed by atoms with E-state index in [9.17, 15) is 0 Å². The van der Waals surface area contributed by atoms with Crippen molar-refractivity contribution in [1.82, 2.24) is 9.78 Å². The predicted molar refractivity (Wildman–Crippen MR) is 57.9 cm³/mol. The maximum atomic E-state index is 8.85. The van der Waals surface area contributed by atoms with Crippen molar-refractivity contribution in [1.29, 1.82) is 5.26 Å². The molecule has 0 saturated carbocycles. The minimum atomic E-state index is -0.880. The van der Waals surface area contributed by atoms with Crippen LogP contribution in [0.4, 0.5) is 0 Å². The van der Waals surface area contributed by atoms with Crippen LogP contribution in [0.3, 0.4) is 0 Å². The van der Waals surface area contributed by atoms with Crippen LogP contribution < -0.4 is 5.73 Å². The van der Waals surface area contributed by atoms with E-state index >= 15 is 0 Å². The first-order chi connectivity index (χ1) is 7.12. The Hall–Kier alpha value is -1.86. The molecular formula is C11H12N4. The Morgan fingerprint density at radius 3 is 3.00 bits per heavy atom. The number of aromatic nitrogens is 2. The van der Waals surface area contributed by atoms with Gasteiger partial charge in [-0.2, -0.15) is 10.4 Å². The second kappa shape index (κ2) is 3.37. The normalized spacial score (nSPS) is 14.7. The first-order valence-corrected chi connectivity index (χ1v) is 4.73. The molecule has 0 aliphatic carbocycles. The van der Waals surface area contributed by atoms with Gasteiger partial charge in [0.25, 0.3) is 0 Å². The van der Waals surface area contributed by atoms with E-state index < -0.39 is 5.54 Å². The number of benzene rings is 1. The monoisotopic (exact) mass is 200 g/mol. The highest BCUT2D eigenvalue weighted by atomic mass is 15.3. The van der Waals surface area contributed by atoms with Gasteiger partial charge in [0.15, 0.2) is 0 Å². The van der Waals surface area contributed by atoms with Gasteiger partial charge in [0.05, 0.1) is 24.3 Å². The van der Waals surface area contributed by atoms with Crippen LogP contribution in [0, 0.1) is 11.3 Å². The number of hydrogen-bond donors (Lipinski definition) is 1. The van der Waals surface area contributed by atoms with Gasteiger partial charge in [-0.3, -0.25) is 4.68 Å². The van der Waals surface area contributed by atoms with Crippen LogP contribution in [0.15, 0.2) is 30.5 Å². The average Bonchev–Trinajstić information content (AvgIpc) is 2.62. The zero-order valence-corrected chi connectivity index (χ0v) is 8.51. The lowest BCUT2D eigenvalue weighted by Crippen LogP contribution is -2.39. The first kappa shape index (κ1) is 9.69. The molecule has 0 spiro atoms. The highest BCUT2D eigenvalue weighted by Gasteiger charge is 2.19. The van der Waals surface area contributed by atoms with Crippen LogP contribution in [0.1, 0.15) is 6.92 Å². The second-order valence-corrected chi connectivity index (χ2v) is 3.89. The SMILES string of the molecule is CC(N)(C#N)Cn1ncc2ccccc21. The van der Waals surface area contributed by atoms with Crippen molar-refractivity contribution < 1.29 is 0 Å². The fourth-order valence-corrected chi connectivity index (χ4v) is 1.50. The number of nitrogens with two attached hydrogens (primary N) is 1. The Morgan fingerprint density at radius 2 is 2.27 bits per heavy atom. The molecule has 1 aromatic carbocycles. The minimum Gasteiger partial charge on any atom is -0.312 e. The largest absolute Gasteiger partial charge is 0.312 e. The summed E-state index contributed by atoms with van der Waals surface area (Å²) < 4.78 is 1.76. The molecule has 2 N–H and O–H groups in total. The van der Waals surface area contributed by atoms with Crippen molar-refractivity contribution in [3.63, 3.8) is 0 Å². The van der Waals surface area contributed by atoms with Crippen LogP contribution in [-0.2, 0) is 6.54 Å². The van der Waals surface area contributed by atoms with Gasteiger partial charge in [-0.15, -0.1) is 0 Å². The van der Waals surface area contributed by atoms with Gasteiger partial charge in [0.1, 0.15) is 5.54 Å². The summed E-state index contributed by atoms with van der Waals surface area (Å²) in [6.45, 7) is 2.10. The molecule has 0 amide bonds. The lowest BCUT2D eigenvalue weighted by molar-refractivity contribution is 0.469. The Morgan fingerprint density at radius 1 is 1.53 bits per heavy atom. The molecule has 76 valence electrons. The highest BCUT2D eigenvalue weighted by Crippen LogP contribution is 2.14. The summed E-state index contributed by atoms with van der Waals surface area (Å²) in [4.78, 5) is 0. The fourth-order valence-electron chi connectivity index (χ4n) is 1.50. The number of fused-ring (bicyclic) bond motifs is 1. The Balaban J connectivity index is 2.42. The second-order valence-electron chi connectivity index (χ2n) is 3.89. The van der Waals surface area contributed by atoms with Gasteiger partial charge in [-0.1, -0.05) is 18.2 Å². The quantitative estimate of drug-likeness (QED) is 0.793. The summed E-state index contributed by atoms with van der Waals surface area (Å²) in [5.74, 6) is 0. The third kappa shape index (κ3) is 1.83. The van der Waals surface area contributed by atoms with Crippen molar-refractivity contribution in [2.45, 2.75) is 19.0 Å². The van der Waals surface area contributed by atoms with Crippen molar-refractivity contribution in [2.24, 2.45) is 5.73 Å². The highest BCUT2D eigenvalue weighted by molar-refractivity contribution is 5.78. The van der Waals surface area contributed by atoms with Crippen LogP contribution in [0.5, 0.6) is 0 Å². The Labute approximate surface area is 87.9 Å². The molecule has 1 heterocycles. The molecule has 0 bridgehead atoms. The lowest BCUT2D eigenvalue weighted by Gasteiger charge is -2.15. The molecule has 0 fully saturated rings. The number of rotatable bonds is 2. The van der Waals surface area contributed by atoms with Gasteiger partial charge in [0.2, 0.25) is 0 Å². The summed E-state index contributed by atoms with van der Waals surface area (Å²) in [5, 5.41) is 14.1. The van der Waals surface area contributed by atoms with Crippen molar-refractivity contribution in [2.75, 3.05) is 0 Å². The Bertz CT molecular complexity index is 519. The smallest absolute Gasteiger partial charge is 0.121 e. The maximum absolute atomic E-state index is 8.85. The Kier molecular flexibility index (Phi) is 2.18. The summed E-state index contributed by atoms with van der Waals surface area (Å²) in [7, 11) is 0. The fraction of sp³-hybridized carbons (Fsp3) is 0.273. The summed E-state index contributed by atoms with van der Waals surface area (Å²) in [6, 6.07) is 9.92. The molecule has 4 nitrogen and oxygen atoms in total. The van der Waals surface area contributed by atoms with Gasteiger partial charge in [-0.25, -0.2) is 0 Å². The number of hydrogen-bond acceptors (Lipinski definition) is 3. The van der Waals surface area contributed by atoms with Crippen molar-refractivity contribution in [3.8, 4) is 6.07 Å². The molecule has 1 atom stereocenters. The third-order valence-corrected chi connectivity index (χ3v) is 2.28. The molecule has 0 radical (unpaired) electrons. The van der Waals surface area contributed by atoms with E-state index in [-0.39, 0.29) is 0 Å². The predicted octanol–water partition coefficient (Wildman–Crippen LogP) is 1.28. The van der Waals surface area contributed by atoms with Gasteiger partial charge in [0, 0.05) is 5.39 Å². The third-order valence-electron chi connectivity index (χ3n) is 2.28. The van der Waals surface area contributed by atoms with E-state index in [0.29, 0.717) is 6.54 Å². The van der Waals surface area contributed by atoms with E-state index in [4.69, 9.17) is 11.0 Å². The summed E-state index contributed by atoms with van der Waals surface area (Å²) in [5.41, 5.74) is 5.90. The molecule has 15 heavy (non-hydrogen) atoms. The van der Waals surface area contributed by atoms with E-state index in [2.05, 4.69) is 11.2 Å². The molecule has 0 saturated heterocycles. The maximum Gasteiger partial charge on any atom is 0.121 e. The van der Waals surface area contributed by atoms with Crippen molar-refractivity contribution >= 4 is 10.9 Å². The summed E-state index contributed by atoms with van der Waals surface area (Å²) >= 11 is 0. The van der Waals surface area contributed by atoms with E-state index in [1.54, 1.807) is 17.8 Å². The van der Waals surface area contributed by atoms with Gasteiger partial charge < -0.3 is 5.73 Å². The van der Waals surface area contributed by atoms with E-state index in [0.717, 1.165) is 10.9 Å². The van der Waals surface area contributed by atoms with Crippen LogP contribution in [-0.4, -0.2) is 15.3 Å². The van der Waals surface area contributed by atoms with E-state index in [1.807, 2.05) is 24.3 Å². The zero-order valence-electron chi connectivity index (χ0n) is 8.51. The standard InChI is InChI=1S/C11H12N4/c1-11(13,7-12)8-15-10-5-3-2-4-9(10)6-14-15/h2-6H,8,13H2,1H3. The number of nitrogens with zero attached hydrogens (tertiary/aromatic N) is 3. The molecule has 4 heteroatoms. The topological polar surface area (TPSA) is 67.6 Å². The molecule has 1 unspecified atom stereocenters. The number of para-hydroxylation sites is 1. The van der Waals surface area contributed by atoms with E-state index in [1.165, 1.54) is 0 Å². The van der Waals surface area contributed by atoms with Gasteiger partial charge in [-0.05, 0) is 13.0 Å². The molecule has 2 aromatic rings. The van der Waals surface area contributed by atoms with Gasteiger partial charge >= 0.3 is 0 Å². The molecule has 0 aliphatic rings. The molecule has 0 aliphatic heterocycles. The van der Waals surface area contributed by atoms with Crippen molar-refractivity contribution in [3.05, 3.63) is 30.5 Å². The molecule has 2 rings (SSSR count). The molecule has 1 aromatic heterocycles. The number of nitriles is 1.